The molecule has 5 atom stereocenters. The molecule has 10 nitrogen and oxygen atoms in total. The van der Waals surface area contributed by atoms with E-state index in [-0.39, 0.29) is 16.9 Å². The number of rotatable bonds is 4. The van der Waals surface area contributed by atoms with Gasteiger partial charge in [-0.2, -0.15) is 0 Å². The number of carbonyl (C=O) groups is 3. The molecule has 0 saturated carbocycles. The van der Waals surface area contributed by atoms with Crippen LogP contribution in [-0.4, -0.2) is 50.0 Å². The summed E-state index contributed by atoms with van der Waals surface area (Å²) < 4.78 is 0. The predicted molar refractivity (Wildman–Crippen MR) is 153 cm³/mol. The number of allylic oxidation sites excluding steroid dienone is 2. The summed E-state index contributed by atoms with van der Waals surface area (Å²) in [6, 6.07) is 13.6. The van der Waals surface area contributed by atoms with Crippen LogP contribution in [0.1, 0.15) is 45.5 Å². The van der Waals surface area contributed by atoms with E-state index in [1.54, 1.807) is 43.3 Å². The molecule has 0 amide bonds. The third-order valence-electron chi connectivity index (χ3n) is 9.02. The fourth-order valence-corrected chi connectivity index (χ4v) is 7.12. The summed E-state index contributed by atoms with van der Waals surface area (Å²) in [5.74, 6) is -6.82. The molecule has 3 aromatic carbocycles. The third-order valence-corrected chi connectivity index (χ3v) is 9.02. The number of ketones is 2. The molecule has 3 aliphatic carbocycles. The van der Waals surface area contributed by atoms with Crippen LogP contribution in [-0.2, 0) is 4.79 Å². The lowest BCUT2D eigenvalue weighted by Crippen LogP contribution is -2.62. The van der Waals surface area contributed by atoms with Crippen molar-refractivity contribution in [2.24, 2.45) is 22.7 Å². The number of hydrogen-bond donors (Lipinski definition) is 5. The Balaban J connectivity index is 1.64. The Morgan fingerprint density at radius 1 is 1.07 bits per heavy atom. The highest BCUT2D eigenvalue weighted by atomic mass is 16.4. The molecule has 0 saturated heterocycles. The van der Waals surface area contributed by atoms with Crippen molar-refractivity contribution in [2.45, 2.75) is 31.0 Å². The van der Waals surface area contributed by atoms with E-state index in [2.05, 4.69) is 11.8 Å². The van der Waals surface area contributed by atoms with Gasteiger partial charge in [0.15, 0.2) is 17.7 Å². The van der Waals surface area contributed by atoms with Crippen molar-refractivity contribution >= 4 is 34.3 Å². The number of benzene rings is 3. The molecule has 3 aliphatic rings. The van der Waals surface area contributed by atoms with Crippen LogP contribution < -0.4 is 5.73 Å². The van der Waals surface area contributed by atoms with Gasteiger partial charge in [-0.25, -0.2) is 0 Å². The van der Waals surface area contributed by atoms with Gasteiger partial charge in [0.25, 0.3) is 0 Å². The summed E-state index contributed by atoms with van der Waals surface area (Å²) in [4.78, 5) is 51.3. The molecular formula is C32H26N2O8. The van der Waals surface area contributed by atoms with E-state index in [4.69, 9.17) is 5.73 Å². The molecule has 10 heteroatoms. The number of hydrogen-bond acceptors (Lipinski definition) is 10. The first-order valence-electron chi connectivity index (χ1n) is 13.3. The van der Waals surface area contributed by atoms with Crippen molar-refractivity contribution in [3.63, 3.8) is 0 Å². The number of aliphatic hydroxyl groups is 4. The standard InChI is InChI=1S/C32H26N2O8/c1-13-23-19(18-8-7-15(12-35)16-5-3-4-6-17(16)18)9-10-21(34-42)26(23)29(38)27-24(13)28(37)20-11-22(36)25(14(2)33)30(39)32(20,41)31(27)40/h3-10,12-13,20,24,28,36-37,40-41H,2,11,33H2,1H3/t13-,20+,24+,28+,32+/m0/s1. The van der Waals surface area contributed by atoms with Crippen molar-refractivity contribution in [3.05, 3.63) is 105 Å². The number of aliphatic hydroxyl groups excluding tert-OH is 3. The van der Waals surface area contributed by atoms with Gasteiger partial charge in [-0.05, 0) is 44.6 Å². The molecule has 212 valence electrons. The minimum absolute atomic E-state index is 0.129. The molecule has 6 N–H and O–H groups in total. The molecular weight excluding hydrogens is 540 g/mol. The van der Waals surface area contributed by atoms with Crippen LogP contribution in [0.3, 0.4) is 0 Å². The van der Waals surface area contributed by atoms with Gasteiger partial charge in [-0.1, -0.05) is 56.0 Å². The normalized spacial score (nSPS) is 26.9. The second-order valence-electron chi connectivity index (χ2n) is 11.0. The van der Waals surface area contributed by atoms with Crippen molar-refractivity contribution in [1.82, 2.24) is 0 Å². The summed E-state index contributed by atoms with van der Waals surface area (Å²) in [5.41, 5.74) is 3.35. The SMILES string of the molecule is C=C(N)C1=C(O)C[C@@H]2[C@@H](O)[C@H]3C(=C(O)[C@]2(O)C1=O)C(=O)c1c(N=O)ccc(-c2ccc(C=O)c4ccccc24)c1[C@@H]3C. The fraction of sp³-hybridized carbons (Fsp3) is 0.219. The fourth-order valence-electron chi connectivity index (χ4n) is 7.12. The van der Waals surface area contributed by atoms with Crippen LogP contribution in [0.5, 0.6) is 0 Å². The minimum atomic E-state index is -2.77. The average Bonchev–Trinajstić information content (AvgIpc) is 2.97. The maximum absolute atomic E-state index is 14.2. The molecule has 42 heavy (non-hydrogen) atoms. The summed E-state index contributed by atoms with van der Waals surface area (Å²) in [6.45, 7) is 5.16. The Labute approximate surface area is 239 Å². The molecule has 0 unspecified atom stereocenters. The summed E-state index contributed by atoms with van der Waals surface area (Å²) in [6.07, 6.45) is -1.26. The topological polar surface area (TPSA) is 188 Å². The molecule has 0 spiro atoms. The Kier molecular flexibility index (Phi) is 6.03. The van der Waals surface area contributed by atoms with Gasteiger partial charge >= 0.3 is 0 Å². The van der Waals surface area contributed by atoms with E-state index < -0.39 is 70.1 Å². The Bertz CT molecular complexity index is 1850. The lowest BCUT2D eigenvalue weighted by Gasteiger charge is -2.50. The summed E-state index contributed by atoms with van der Waals surface area (Å²) in [7, 11) is 0. The highest BCUT2D eigenvalue weighted by Gasteiger charge is 2.63. The van der Waals surface area contributed by atoms with Crippen molar-refractivity contribution in [3.8, 4) is 11.1 Å². The van der Waals surface area contributed by atoms with Crippen LogP contribution in [0.4, 0.5) is 5.69 Å². The van der Waals surface area contributed by atoms with Gasteiger partial charge in [0.2, 0.25) is 5.78 Å². The van der Waals surface area contributed by atoms with E-state index in [1.807, 2.05) is 6.07 Å². The van der Waals surface area contributed by atoms with E-state index >= 15 is 0 Å². The first-order valence-corrected chi connectivity index (χ1v) is 13.3. The van der Waals surface area contributed by atoms with E-state index in [0.29, 0.717) is 33.0 Å². The van der Waals surface area contributed by atoms with Crippen LogP contribution in [0.2, 0.25) is 0 Å². The lowest BCUT2D eigenvalue weighted by molar-refractivity contribution is -0.153. The number of nitroso groups, excluding NO2 is 1. The van der Waals surface area contributed by atoms with Crippen LogP contribution in [0.25, 0.3) is 21.9 Å². The molecule has 0 aliphatic heterocycles. The second-order valence-corrected chi connectivity index (χ2v) is 11.0. The van der Waals surface area contributed by atoms with Gasteiger partial charge in [0.05, 0.1) is 17.2 Å². The lowest BCUT2D eigenvalue weighted by atomic mass is 9.56. The molecule has 0 radical (unpaired) electrons. The monoisotopic (exact) mass is 566 g/mol. The number of aldehydes is 1. The predicted octanol–water partition coefficient (Wildman–Crippen LogP) is 4.42. The molecule has 6 rings (SSSR count). The highest BCUT2D eigenvalue weighted by Crippen LogP contribution is 2.56. The number of carbonyl (C=O) groups excluding carboxylic acids is 3. The van der Waals surface area contributed by atoms with Crippen molar-refractivity contribution in [1.29, 1.82) is 0 Å². The van der Waals surface area contributed by atoms with E-state index in [1.165, 1.54) is 6.07 Å². The zero-order valence-electron chi connectivity index (χ0n) is 22.4. The van der Waals surface area contributed by atoms with Gasteiger partial charge < -0.3 is 26.2 Å². The first kappa shape index (κ1) is 27.3. The first-order chi connectivity index (χ1) is 20.0. The average molecular weight is 567 g/mol. The van der Waals surface area contributed by atoms with Gasteiger partial charge in [-0.3, -0.25) is 14.4 Å². The van der Waals surface area contributed by atoms with Crippen molar-refractivity contribution < 1.29 is 34.8 Å². The zero-order valence-corrected chi connectivity index (χ0v) is 22.4. The quantitative estimate of drug-likeness (QED) is 0.225. The molecule has 0 aromatic heterocycles. The second kappa shape index (κ2) is 9.30. The molecule has 0 fully saturated rings. The van der Waals surface area contributed by atoms with Gasteiger partial charge in [0.1, 0.15) is 17.2 Å². The molecule has 3 aromatic rings. The van der Waals surface area contributed by atoms with Gasteiger partial charge in [0, 0.05) is 35.1 Å². The maximum atomic E-state index is 14.2. The smallest absolute Gasteiger partial charge is 0.207 e. The molecule has 0 bridgehead atoms. The van der Waals surface area contributed by atoms with Gasteiger partial charge in [-0.15, -0.1) is 4.91 Å². The molecule has 0 heterocycles. The number of nitrogens with zero attached hydrogens (tertiary/aromatic N) is 1. The highest BCUT2D eigenvalue weighted by molar-refractivity contribution is 6.18. The summed E-state index contributed by atoms with van der Waals surface area (Å²) in [5, 5.41) is 49.8. The number of Topliss-reactive ketones (excluding diaryl/α,β-unsaturated/α-hetero) is 2. The van der Waals surface area contributed by atoms with Crippen molar-refractivity contribution in [2.75, 3.05) is 0 Å². The van der Waals surface area contributed by atoms with Crippen LogP contribution >= 0.6 is 0 Å². The third kappa shape index (κ3) is 3.36. The Hall–Kier alpha value is -4.93. The van der Waals surface area contributed by atoms with Crippen LogP contribution in [0, 0.1) is 16.7 Å². The maximum Gasteiger partial charge on any atom is 0.207 e. The van der Waals surface area contributed by atoms with Crippen LogP contribution in [0.15, 0.2) is 88.6 Å². The van der Waals surface area contributed by atoms with E-state index in [0.717, 1.165) is 6.29 Å². The Morgan fingerprint density at radius 2 is 1.74 bits per heavy atom. The van der Waals surface area contributed by atoms with E-state index in [9.17, 15) is 39.7 Å². The summed E-state index contributed by atoms with van der Waals surface area (Å²) >= 11 is 0. The largest absolute Gasteiger partial charge is 0.511 e. The zero-order chi connectivity index (χ0) is 30.2. The minimum Gasteiger partial charge on any atom is -0.511 e. The number of nitrogens with two attached hydrogens (primary N) is 1. The number of fused-ring (bicyclic) bond motifs is 4. The Morgan fingerprint density at radius 3 is 2.38 bits per heavy atom.